The van der Waals surface area contributed by atoms with E-state index in [0.29, 0.717) is 6.42 Å². The Labute approximate surface area is 99.6 Å². The monoisotopic (exact) mass is 248 g/mol. The Kier molecular flexibility index (Phi) is 7.25. The molecule has 0 saturated carbocycles. The highest BCUT2D eigenvalue weighted by atomic mass is 19.3. The van der Waals surface area contributed by atoms with Crippen LogP contribution in [-0.4, -0.2) is 30.5 Å². The van der Waals surface area contributed by atoms with Gasteiger partial charge in [-0.1, -0.05) is 6.92 Å². The van der Waals surface area contributed by atoms with Crippen LogP contribution in [0.15, 0.2) is 4.99 Å². The summed E-state index contributed by atoms with van der Waals surface area (Å²) in [7, 11) is 0. The van der Waals surface area contributed by atoms with Crippen molar-refractivity contribution >= 4 is 18.0 Å². The van der Waals surface area contributed by atoms with Crippen LogP contribution >= 0.6 is 0 Å². The van der Waals surface area contributed by atoms with Gasteiger partial charge < -0.3 is 4.74 Å². The minimum Gasteiger partial charge on any atom is -0.460 e. The molecule has 0 unspecified atom stereocenters. The van der Waals surface area contributed by atoms with E-state index >= 15 is 0 Å². The molecule has 0 aliphatic heterocycles. The third-order valence-corrected chi connectivity index (χ3v) is 2.08. The minimum absolute atomic E-state index is 0.178. The largest absolute Gasteiger partial charge is 0.460 e. The minimum atomic E-state index is -2.64. The van der Waals surface area contributed by atoms with Gasteiger partial charge in [0.25, 0.3) is 0 Å². The smallest absolute Gasteiger partial charge is 0.375 e. The number of halogens is 2. The molecule has 0 amide bonds. The highest BCUT2D eigenvalue weighted by Crippen LogP contribution is 2.24. The van der Waals surface area contributed by atoms with E-state index in [-0.39, 0.29) is 25.9 Å². The van der Waals surface area contributed by atoms with E-state index < -0.39 is 17.7 Å². The van der Waals surface area contributed by atoms with Gasteiger partial charge >= 0.3 is 5.97 Å². The van der Waals surface area contributed by atoms with E-state index in [1.807, 2.05) is 0 Å². The molecule has 17 heavy (non-hydrogen) atoms. The summed E-state index contributed by atoms with van der Waals surface area (Å²) in [5.74, 6) is -3.94. The van der Waals surface area contributed by atoms with E-state index in [1.54, 1.807) is 6.92 Å². The molecule has 0 spiro atoms. The zero-order valence-electron chi connectivity index (χ0n) is 10.1. The number of nitrogens with zero attached hydrogens (tertiary/aromatic N) is 1. The number of alkyl halides is 2. The first kappa shape index (κ1) is 15.7. The highest BCUT2D eigenvalue weighted by molar-refractivity contribution is 6.35. The third-order valence-electron chi connectivity index (χ3n) is 2.08. The van der Waals surface area contributed by atoms with Crippen molar-refractivity contribution in [2.45, 2.75) is 45.5 Å². The van der Waals surface area contributed by atoms with E-state index in [2.05, 4.69) is 9.73 Å². The number of unbranched alkanes of at least 4 members (excludes halogenated alkanes) is 1. The topological polar surface area (TPSA) is 62.5 Å². The van der Waals surface area contributed by atoms with E-state index in [0.717, 1.165) is 0 Å². The van der Waals surface area contributed by atoms with Crippen molar-refractivity contribution in [2.24, 2.45) is 4.99 Å². The van der Waals surface area contributed by atoms with Crippen molar-refractivity contribution < 1.29 is 18.3 Å². The molecule has 0 aromatic heterocycles. The molecule has 0 bridgehead atoms. The standard InChI is InChI=1S/C11H18F2N2O2/c1-3-11(12,13)7-5-6-8-15-9(14)10(16)17-4-2/h8,14H,3-7H2,1-2H3. The average molecular weight is 248 g/mol. The first-order valence-corrected chi connectivity index (χ1v) is 5.59. The summed E-state index contributed by atoms with van der Waals surface area (Å²) in [5.41, 5.74) is 0. The molecule has 0 aliphatic rings. The summed E-state index contributed by atoms with van der Waals surface area (Å²) < 4.78 is 30.1. The van der Waals surface area contributed by atoms with Gasteiger partial charge in [0.2, 0.25) is 11.8 Å². The molecule has 0 aliphatic carbocycles. The van der Waals surface area contributed by atoms with Crippen LogP contribution in [0.3, 0.4) is 0 Å². The quantitative estimate of drug-likeness (QED) is 0.340. The number of amidine groups is 1. The molecule has 0 saturated heterocycles. The number of ether oxygens (including phenoxy) is 1. The lowest BCUT2D eigenvalue weighted by Gasteiger charge is -2.11. The van der Waals surface area contributed by atoms with Gasteiger partial charge in [0.05, 0.1) is 6.61 Å². The average Bonchev–Trinajstić information content (AvgIpc) is 2.28. The van der Waals surface area contributed by atoms with Crippen LogP contribution in [0.1, 0.15) is 39.5 Å². The Bertz CT molecular complexity index is 291. The van der Waals surface area contributed by atoms with Crippen LogP contribution in [0.4, 0.5) is 8.78 Å². The lowest BCUT2D eigenvalue weighted by atomic mass is 10.1. The summed E-state index contributed by atoms with van der Waals surface area (Å²) in [6, 6.07) is 0. The molecule has 0 aromatic rings. The number of esters is 1. The molecule has 0 radical (unpaired) electrons. The Hall–Kier alpha value is -1.33. The normalized spacial score (nSPS) is 11.8. The summed E-state index contributed by atoms with van der Waals surface area (Å²) >= 11 is 0. The Balaban J connectivity index is 3.82. The van der Waals surface area contributed by atoms with Gasteiger partial charge in [0, 0.05) is 19.1 Å². The summed E-state index contributed by atoms with van der Waals surface area (Å²) in [6.45, 7) is 3.24. The lowest BCUT2D eigenvalue weighted by Crippen LogP contribution is -2.15. The van der Waals surface area contributed by atoms with Gasteiger partial charge in [-0.15, -0.1) is 0 Å². The van der Waals surface area contributed by atoms with Gasteiger partial charge in [-0.3, -0.25) is 5.41 Å². The predicted molar refractivity (Wildman–Crippen MR) is 61.9 cm³/mol. The van der Waals surface area contributed by atoms with Crippen molar-refractivity contribution in [3.8, 4) is 0 Å². The molecule has 0 aromatic carbocycles. The van der Waals surface area contributed by atoms with Crippen LogP contribution in [-0.2, 0) is 9.53 Å². The number of carbonyl (C=O) groups is 1. The van der Waals surface area contributed by atoms with Crippen molar-refractivity contribution in [2.75, 3.05) is 6.61 Å². The second-order valence-corrected chi connectivity index (χ2v) is 3.48. The number of hydrogen-bond donors (Lipinski definition) is 1. The molecule has 98 valence electrons. The van der Waals surface area contributed by atoms with Gasteiger partial charge in [-0.2, -0.15) is 0 Å². The van der Waals surface area contributed by atoms with Crippen LogP contribution in [0, 0.1) is 5.41 Å². The molecular weight excluding hydrogens is 230 g/mol. The zero-order valence-corrected chi connectivity index (χ0v) is 10.1. The van der Waals surface area contributed by atoms with Gasteiger partial charge in [-0.25, -0.2) is 18.6 Å². The van der Waals surface area contributed by atoms with E-state index in [9.17, 15) is 13.6 Å². The SMILES string of the molecule is CCOC(=O)C(=N)N=CCCCC(F)(F)CC. The number of hydrogen-bond acceptors (Lipinski definition) is 3. The number of nitrogens with one attached hydrogen (secondary N) is 1. The number of rotatable bonds is 6. The maximum absolute atomic E-state index is 12.8. The summed E-state index contributed by atoms with van der Waals surface area (Å²) in [4.78, 5) is 14.5. The summed E-state index contributed by atoms with van der Waals surface area (Å²) in [6.07, 6.45) is 1.51. The fraction of sp³-hybridized carbons (Fsp3) is 0.727. The van der Waals surface area contributed by atoms with Gasteiger partial charge in [0.1, 0.15) is 0 Å². The molecule has 6 heteroatoms. The Morgan fingerprint density at radius 1 is 1.47 bits per heavy atom. The fourth-order valence-corrected chi connectivity index (χ4v) is 1.04. The molecule has 0 rings (SSSR count). The Morgan fingerprint density at radius 2 is 2.12 bits per heavy atom. The maximum atomic E-state index is 12.8. The van der Waals surface area contributed by atoms with Crippen LogP contribution in [0.25, 0.3) is 0 Å². The van der Waals surface area contributed by atoms with E-state index in [4.69, 9.17) is 5.41 Å². The molecule has 1 N–H and O–H groups in total. The third kappa shape index (κ3) is 7.54. The highest BCUT2D eigenvalue weighted by Gasteiger charge is 2.24. The Morgan fingerprint density at radius 3 is 2.65 bits per heavy atom. The zero-order chi connectivity index (χ0) is 13.3. The van der Waals surface area contributed by atoms with Gasteiger partial charge in [-0.05, 0) is 19.8 Å². The van der Waals surface area contributed by atoms with Crippen LogP contribution < -0.4 is 0 Å². The van der Waals surface area contributed by atoms with E-state index in [1.165, 1.54) is 13.1 Å². The number of aliphatic imine (C=N–C) groups is 1. The molecule has 0 heterocycles. The molecule has 4 nitrogen and oxygen atoms in total. The van der Waals surface area contributed by atoms with Crippen molar-refractivity contribution in [3.05, 3.63) is 0 Å². The molecule has 0 fully saturated rings. The van der Waals surface area contributed by atoms with Crippen molar-refractivity contribution in [3.63, 3.8) is 0 Å². The van der Waals surface area contributed by atoms with Crippen molar-refractivity contribution in [1.29, 1.82) is 5.41 Å². The maximum Gasteiger partial charge on any atom is 0.375 e. The second kappa shape index (κ2) is 7.86. The first-order valence-electron chi connectivity index (χ1n) is 5.59. The second-order valence-electron chi connectivity index (χ2n) is 3.48. The predicted octanol–water partition coefficient (Wildman–Crippen LogP) is 2.81. The summed E-state index contributed by atoms with van der Waals surface area (Å²) in [5, 5.41) is 7.17. The van der Waals surface area contributed by atoms with Crippen molar-refractivity contribution in [1.82, 2.24) is 0 Å². The number of carbonyl (C=O) groups excluding carboxylic acids is 1. The molecule has 0 atom stereocenters. The lowest BCUT2D eigenvalue weighted by molar-refractivity contribution is -0.135. The van der Waals surface area contributed by atoms with Crippen LogP contribution in [0.5, 0.6) is 0 Å². The first-order chi connectivity index (χ1) is 7.93. The van der Waals surface area contributed by atoms with Crippen LogP contribution in [0.2, 0.25) is 0 Å². The molecular formula is C11H18F2N2O2. The fourth-order valence-electron chi connectivity index (χ4n) is 1.04. The van der Waals surface area contributed by atoms with Gasteiger partial charge in [0.15, 0.2) is 0 Å².